The number of nitrogens with two attached hydrogens (primary N) is 1. The molecule has 0 amide bonds. The van der Waals surface area contributed by atoms with Gasteiger partial charge in [-0.3, -0.25) is 0 Å². The molecule has 0 saturated heterocycles. The van der Waals surface area contributed by atoms with E-state index >= 15 is 0 Å². The van der Waals surface area contributed by atoms with Gasteiger partial charge in [-0.1, -0.05) is 12.1 Å². The van der Waals surface area contributed by atoms with Crippen molar-refractivity contribution in [3.05, 3.63) is 54.9 Å². The molecule has 0 radical (unpaired) electrons. The Kier molecular flexibility index (Phi) is 4.42. The van der Waals surface area contributed by atoms with Crippen LogP contribution in [0.15, 0.2) is 54.9 Å². The van der Waals surface area contributed by atoms with Crippen molar-refractivity contribution in [2.75, 3.05) is 24.7 Å². The standard InChI is InChI=1S/C24H27N5O/c1-27(2)23-20-12-11-19(30-24-26-13-14-28(24)3)15-21(20)29(18-5-4-6-18)22(23)16-7-9-17(25)10-8-16/h7-15,18H,4-6,25H2,1-3H3. The summed E-state index contributed by atoms with van der Waals surface area (Å²) in [4.78, 5) is 6.51. The summed E-state index contributed by atoms with van der Waals surface area (Å²) in [6.07, 6.45) is 7.29. The Labute approximate surface area is 176 Å². The summed E-state index contributed by atoms with van der Waals surface area (Å²) in [5.74, 6) is 0.795. The second-order valence-corrected chi connectivity index (χ2v) is 8.27. The van der Waals surface area contributed by atoms with Gasteiger partial charge in [0.05, 0.1) is 16.9 Å². The zero-order chi connectivity index (χ0) is 20.8. The highest BCUT2D eigenvalue weighted by Crippen LogP contribution is 2.47. The number of anilines is 2. The van der Waals surface area contributed by atoms with Crippen LogP contribution in [0.4, 0.5) is 11.4 Å². The zero-order valence-electron chi connectivity index (χ0n) is 17.7. The van der Waals surface area contributed by atoms with Crippen molar-refractivity contribution in [1.82, 2.24) is 14.1 Å². The third-order valence-corrected chi connectivity index (χ3v) is 6.01. The molecule has 154 valence electrons. The first kappa shape index (κ1) is 18.6. The van der Waals surface area contributed by atoms with Crippen LogP contribution in [0.5, 0.6) is 11.8 Å². The van der Waals surface area contributed by atoms with Crippen LogP contribution in [0.2, 0.25) is 0 Å². The monoisotopic (exact) mass is 401 g/mol. The van der Waals surface area contributed by atoms with Gasteiger partial charge in [-0.15, -0.1) is 0 Å². The summed E-state index contributed by atoms with van der Waals surface area (Å²) in [5, 5.41) is 1.23. The molecule has 2 aromatic heterocycles. The smallest absolute Gasteiger partial charge is 0.301 e. The molecule has 0 spiro atoms. The van der Waals surface area contributed by atoms with E-state index in [1.54, 1.807) is 6.20 Å². The van der Waals surface area contributed by atoms with Crippen LogP contribution in [0, 0.1) is 0 Å². The van der Waals surface area contributed by atoms with Gasteiger partial charge in [0.15, 0.2) is 0 Å². The largest absolute Gasteiger partial charge is 0.425 e. The molecule has 0 bridgehead atoms. The molecule has 0 unspecified atom stereocenters. The molecular weight excluding hydrogens is 374 g/mol. The first-order chi connectivity index (χ1) is 14.5. The number of hydrogen-bond donors (Lipinski definition) is 1. The Bertz CT molecular complexity index is 1200. The van der Waals surface area contributed by atoms with Gasteiger partial charge < -0.3 is 24.5 Å². The zero-order valence-corrected chi connectivity index (χ0v) is 17.7. The predicted molar refractivity (Wildman–Crippen MR) is 122 cm³/mol. The summed E-state index contributed by atoms with van der Waals surface area (Å²) < 4.78 is 10.5. The Balaban J connectivity index is 1.73. The fraction of sp³-hybridized carbons (Fsp3) is 0.292. The minimum absolute atomic E-state index is 0.497. The number of rotatable bonds is 5. The van der Waals surface area contributed by atoms with Gasteiger partial charge in [0.2, 0.25) is 0 Å². The highest BCUT2D eigenvalue weighted by molar-refractivity contribution is 6.03. The third-order valence-electron chi connectivity index (χ3n) is 6.01. The average Bonchev–Trinajstić information content (AvgIpc) is 3.23. The summed E-state index contributed by atoms with van der Waals surface area (Å²) >= 11 is 0. The van der Waals surface area contributed by atoms with Crippen molar-refractivity contribution < 1.29 is 4.74 Å². The summed E-state index contributed by atoms with van der Waals surface area (Å²) in [6, 6.07) is 15.6. The summed E-state index contributed by atoms with van der Waals surface area (Å²) in [5.41, 5.74) is 11.6. The van der Waals surface area contributed by atoms with E-state index in [0.29, 0.717) is 12.1 Å². The van der Waals surface area contributed by atoms with Crippen LogP contribution in [0.1, 0.15) is 25.3 Å². The van der Waals surface area contributed by atoms with Crippen molar-refractivity contribution in [2.45, 2.75) is 25.3 Å². The van der Waals surface area contributed by atoms with Gasteiger partial charge in [-0.2, -0.15) is 0 Å². The molecule has 0 aliphatic heterocycles. The number of fused-ring (bicyclic) bond motifs is 1. The fourth-order valence-electron chi connectivity index (χ4n) is 4.29. The third kappa shape index (κ3) is 3.00. The lowest BCUT2D eigenvalue weighted by atomic mass is 9.92. The van der Waals surface area contributed by atoms with Crippen LogP contribution < -0.4 is 15.4 Å². The second-order valence-electron chi connectivity index (χ2n) is 8.27. The van der Waals surface area contributed by atoms with Crippen molar-refractivity contribution >= 4 is 22.3 Å². The van der Waals surface area contributed by atoms with Crippen molar-refractivity contribution in [1.29, 1.82) is 0 Å². The number of imidazole rings is 1. The maximum atomic E-state index is 6.08. The molecule has 0 atom stereocenters. The second kappa shape index (κ2) is 7.13. The number of aromatic nitrogens is 3. The predicted octanol–water partition coefficient (Wildman–Crippen LogP) is 5.21. The summed E-state index contributed by atoms with van der Waals surface area (Å²) in [6.45, 7) is 0. The number of nitrogens with zero attached hydrogens (tertiary/aromatic N) is 4. The van der Waals surface area contributed by atoms with E-state index < -0.39 is 0 Å². The van der Waals surface area contributed by atoms with Crippen molar-refractivity contribution in [3.63, 3.8) is 0 Å². The minimum Gasteiger partial charge on any atom is -0.425 e. The maximum Gasteiger partial charge on any atom is 0.301 e. The SMILES string of the molecule is CN(C)c1c(-c2ccc(N)cc2)n(C2CCC2)c2cc(Oc3nccn3C)ccc12. The molecule has 2 N–H and O–H groups in total. The van der Waals surface area contributed by atoms with E-state index in [1.807, 2.05) is 36.0 Å². The first-order valence-corrected chi connectivity index (χ1v) is 10.4. The quantitative estimate of drug-likeness (QED) is 0.467. The highest BCUT2D eigenvalue weighted by Gasteiger charge is 2.28. The molecule has 6 heteroatoms. The van der Waals surface area contributed by atoms with Gasteiger partial charge >= 0.3 is 6.01 Å². The minimum atomic E-state index is 0.497. The Morgan fingerprint density at radius 1 is 1.10 bits per heavy atom. The number of ether oxygens (including phenoxy) is 1. The first-order valence-electron chi connectivity index (χ1n) is 10.4. The van der Waals surface area contributed by atoms with Gasteiger partial charge in [0.1, 0.15) is 5.75 Å². The number of aryl methyl sites for hydroxylation is 1. The molecule has 1 aliphatic carbocycles. The van der Waals surface area contributed by atoms with Gasteiger partial charge in [0.25, 0.3) is 0 Å². The maximum absolute atomic E-state index is 6.08. The average molecular weight is 402 g/mol. The summed E-state index contributed by atoms with van der Waals surface area (Å²) in [7, 11) is 6.15. The van der Waals surface area contributed by atoms with E-state index in [-0.39, 0.29) is 0 Å². The normalized spacial score (nSPS) is 14.1. The van der Waals surface area contributed by atoms with Crippen LogP contribution in [-0.4, -0.2) is 28.2 Å². The molecule has 1 fully saturated rings. The van der Waals surface area contributed by atoms with E-state index in [9.17, 15) is 0 Å². The van der Waals surface area contributed by atoms with Gasteiger partial charge in [0, 0.05) is 62.3 Å². The molecule has 30 heavy (non-hydrogen) atoms. The van der Waals surface area contributed by atoms with Crippen molar-refractivity contribution in [2.24, 2.45) is 7.05 Å². The van der Waals surface area contributed by atoms with E-state index in [0.717, 1.165) is 11.4 Å². The Morgan fingerprint density at radius 2 is 1.87 bits per heavy atom. The van der Waals surface area contributed by atoms with Crippen LogP contribution in [0.25, 0.3) is 22.2 Å². The number of hydrogen-bond acceptors (Lipinski definition) is 4. The number of nitrogen functional groups attached to an aromatic ring is 1. The Hall–Kier alpha value is -3.41. The molecule has 4 aromatic rings. The lowest BCUT2D eigenvalue weighted by Crippen LogP contribution is -2.18. The fourth-order valence-corrected chi connectivity index (χ4v) is 4.29. The Morgan fingerprint density at radius 3 is 2.47 bits per heavy atom. The van der Waals surface area contributed by atoms with Gasteiger partial charge in [-0.25, -0.2) is 4.98 Å². The van der Waals surface area contributed by atoms with Crippen LogP contribution in [-0.2, 0) is 7.05 Å². The van der Waals surface area contributed by atoms with Crippen LogP contribution >= 0.6 is 0 Å². The van der Waals surface area contributed by atoms with E-state index in [1.165, 1.54) is 47.1 Å². The molecule has 2 aromatic carbocycles. The molecule has 2 heterocycles. The lowest BCUT2D eigenvalue weighted by molar-refractivity contribution is 0.324. The molecule has 1 saturated carbocycles. The highest BCUT2D eigenvalue weighted by atomic mass is 16.5. The molecular formula is C24H27N5O. The number of benzene rings is 2. The van der Waals surface area contributed by atoms with Crippen LogP contribution in [0.3, 0.4) is 0 Å². The van der Waals surface area contributed by atoms with Crippen molar-refractivity contribution in [3.8, 4) is 23.0 Å². The van der Waals surface area contributed by atoms with E-state index in [2.05, 4.69) is 52.8 Å². The topological polar surface area (TPSA) is 61.2 Å². The molecule has 6 nitrogen and oxygen atoms in total. The lowest BCUT2D eigenvalue weighted by Gasteiger charge is -2.30. The van der Waals surface area contributed by atoms with E-state index in [4.69, 9.17) is 10.5 Å². The van der Waals surface area contributed by atoms with Gasteiger partial charge in [-0.05, 0) is 43.5 Å². The molecule has 1 aliphatic rings. The molecule has 5 rings (SSSR count).